The highest BCUT2D eigenvalue weighted by atomic mass is 16.5. The standard InChI is InChI=1S/C21H17N3O/c1-2-6-15(7-3-1)18-14-19-17-8-4-5-9-20(17)25-21(24(19)23-18)16-10-12-22-13-11-16/h1-13,19,21H,14H2/t19-,21+/m0/s1. The molecule has 0 amide bonds. The molecule has 4 nitrogen and oxygen atoms in total. The molecule has 0 aliphatic carbocycles. The van der Waals surface area contributed by atoms with E-state index in [-0.39, 0.29) is 12.3 Å². The third kappa shape index (κ3) is 2.38. The van der Waals surface area contributed by atoms with Gasteiger partial charge in [0.05, 0.1) is 11.8 Å². The van der Waals surface area contributed by atoms with Gasteiger partial charge in [-0.3, -0.25) is 4.98 Å². The number of pyridine rings is 1. The maximum absolute atomic E-state index is 6.31. The van der Waals surface area contributed by atoms with E-state index in [0.29, 0.717) is 0 Å². The third-order valence-electron chi connectivity index (χ3n) is 4.80. The predicted octanol–water partition coefficient (Wildman–Crippen LogP) is 4.32. The fourth-order valence-electron chi connectivity index (χ4n) is 3.59. The molecule has 2 aliphatic rings. The summed E-state index contributed by atoms with van der Waals surface area (Å²) in [6.07, 6.45) is 4.24. The van der Waals surface area contributed by atoms with Crippen molar-refractivity contribution in [2.75, 3.05) is 0 Å². The fraction of sp³-hybridized carbons (Fsp3) is 0.143. The van der Waals surface area contributed by atoms with Gasteiger partial charge >= 0.3 is 0 Å². The Balaban J connectivity index is 1.61. The maximum atomic E-state index is 6.31. The largest absolute Gasteiger partial charge is 0.464 e. The van der Waals surface area contributed by atoms with Crippen molar-refractivity contribution < 1.29 is 4.74 Å². The summed E-state index contributed by atoms with van der Waals surface area (Å²) in [6.45, 7) is 0. The highest BCUT2D eigenvalue weighted by Crippen LogP contribution is 2.47. The minimum Gasteiger partial charge on any atom is -0.464 e. The Hall–Kier alpha value is -3.14. The smallest absolute Gasteiger partial charge is 0.213 e. The molecular formula is C21H17N3O. The highest BCUT2D eigenvalue weighted by Gasteiger charge is 2.40. The average molecular weight is 327 g/mol. The number of fused-ring (bicyclic) bond motifs is 3. The van der Waals surface area contributed by atoms with Gasteiger partial charge in [-0.25, -0.2) is 5.01 Å². The molecule has 3 aromatic rings. The van der Waals surface area contributed by atoms with Gasteiger partial charge in [-0.15, -0.1) is 0 Å². The molecular weight excluding hydrogens is 310 g/mol. The van der Waals surface area contributed by atoms with Gasteiger partial charge in [0, 0.05) is 29.9 Å². The van der Waals surface area contributed by atoms with Gasteiger partial charge in [0.25, 0.3) is 0 Å². The lowest BCUT2D eigenvalue weighted by molar-refractivity contribution is -0.0190. The molecule has 0 spiro atoms. The van der Waals surface area contributed by atoms with E-state index in [9.17, 15) is 0 Å². The Morgan fingerprint density at radius 3 is 2.48 bits per heavy atom. The van der Waals surface area contributed by atoms with Crippen LogP contribution in [0.4, 0.5) is 0 Å². The van der Waals surface area contributed by atoms with Crippen LogP contribution in [0, 0.1) is 0 Å². The lowest BCUT2D eigenvalue weighted by Gasteiger charge is -2.38. The molecule has 1 aromatic heterocycles. The summed E-state index contributed by atoms with van der Waals surface area (Å²) in [7, 11) is 0. The van der Waals surface area contributed by atoms with E-state index in [1.54, 1.807) is 12.4 Å². The van der Waals surface area contributed by atoms with E-state index in [0.717, 1.165) is 23.4 Å². The first kappa shape index (κ1) is 14.2. The fourth-order valence-corrected chi connectivity index (χ4v) is 3.59. The molecule has 0 saturated heterocycles. The van der Waals surface area contributed by atoms with E-state index in [2.05, 4.69) is 46.4 Å². The van der Waals surface area contributed by atoms with Crippen LogP contribution in [0.5, 0.6) is 5.75 Å². The molecule has 25 heavy (non-hydrogen) atoms. The van der Waals surface area contributed by atoms with Crippen molar-refractivity contribution in [1.82, 2.24) is 9.99 Å². The Bertz CT molecular complexity index is 924. The van der Waals surface area contributed by atoms with Crippen LogP contribution in [0.2, 0.25) is 0 Å². The van der Waals surface area contributed by atoms with Gasteiger partial charge in [-0.05, 0) is 23.8 Å². The van der Waals surface area contributed by atoms with Gasteiger partial charge in [0.15, 0.2) is 0 Å². The normalized spacial score (nSPS) is 21.1. The van der Waals surface area contributed by atoms with Crippen molar-refractivity contribution in [3.05, 3.63) is 95.8 Å². The van der Waals surface area contributed by atoms with Crippen molar-refractivity contribution in [1.29, 1.82) is 0 Å². The zero-order valence-corrected chi connectivity index (χ0v) is 13.6. The second kappa shape index (κ2) is 5.74. The number of hydrazone groups is 1. The number of benzene rings is 2. The predicted molar refractivity (Wildman–Crippen MR) is 96.2 cm³/mol. The second-order valence-electron chi connectivity index (χ2n) is 6.30. The first-order valence-electron chi connectivity index (χ1n) is 8.47. The molecule has 0 radical (unpaired) electrons. The Morgan fingerprint density at radius 2 is 1.64 bits per heavy atom. The second-order valence-corrected chi connectivity index (χ2v) is 6.30. The van der Waals surface area contributed by atoms with Crippen LogP contribution in [0.1, 0.15) is 35.4 Å². The van der Waals surface area contributed by atoms with Gasteiger partial charge in [0.2, 0.25) is 6.23 Å². The molecule has 0 fully saturated rings. The summed E-state index contributed by atoms with van der Waals surface area (Å²) in [5, 5.41) is 7.04. The molecule has 122 valence electrons. The number of hydrogen-bond donors (Lipinski definition) is 0. The molecule has 0 unspecified atom stereocenters. The van der Waals surface area contributed by atoms with E-state index in [1.807, 2.05) is 30.3 Å². The quantitative estimate of drug-likeness (QED) is 0.703. The molecule has 2 aliphatic heterocycles. The molecule has 0 saturated carbocycles. The number of aromatic nitrogens is 1. The SMILES string of the molecule is c1ccc(C2=NN3[C@@H](c4ccncc4)Oc4ccccc4[C@@H]3C2)cc1. The maximum Gasteiger partial charge on any atom is 0.213 e. The van der Waals surface area contributed by atoms with Gasteiger partial charge in [0.1, 0.15) is 5.75 Å². The zero-order valence-electron chi connectivity index (χ0n) is 13.6. The van der Waals surface area contributed by atoms with Crippen molar-refractivity contribution in [3.63, 3.8) is 0 Å². The third-order valence-corrected chi connectivity index (χ3v) is 4.80. The van der Waals surface area contributed by atoms with Crippen molar-refractivity contribution >= 4 is 5.71 Å². The van der Waals surface area contributed by atoms with Crippen LogP contribution in [0.3, 0.4) is 0 Å². The summed E-state index contributed by atoms with van der Waals surface area (Å²) in [5.74, 6) is 0.940. The minimum atomic E-state index is -0.232. The molecule has 4 heteroatoms. The zero-order chi connectivity index (χ0) is 16.6. The molecule has 5 rings (SSSR count). The Morgan fingerprint density at radius 1 is 0.880 bits per heavy atom. The van der Waals surface area contributed by atoms with E-state index in [1.165, 1.54) is 11.1 Å². The summed E-state index contributed by atoms with van der Waals surface area (Å²) >= 11 is 0. The number of ether oxygens (including phenoxy) is 1. The van der Waals surface area contributed by atoms with Crippen LogP contribution >= 0.6 is 0 Å². The Kier molecular flexibility index (Phi) is 3.27. The van der Waals surface area contributed by atoms with E-state index >= 15 is 0 Å². The van der Waals surface area contributed by atoms with Crippen molar-refractivity contribution in [3.8, 4) is 5.75 Å². The van der Waals surface area contributed by atoms with Crippen LogP contribution in [-0.2, 0) is 0 Å². The topological polar surface area (TPSA) is 37.7 Å². The molecule has 3 heterocycles. The van der Waals surface area contributed by atoms with Crippen LogP contribution in [-0.4, -0.2) is 15.7 Å². The number of para-hydroxylation sites is 1. The number of nitrogens with zero attached hydrogens (tertiary/aromatic N) is 3. The molecule has 0 bridgehead atoms. The average Bonchev–Trinajstić information content (AvgIpc) is 3.14. The summed E-state index contributed by atoms with van der Waals surface area (Å²) in [4.78, 5) is 4.12. The number of rotatable bonds is 2. The van der Waals surface area contributed by atoms with Crippen LogP contribution in [0.15, 0.2) is 84.2 Å². The van der Waals surface area contributed by atoms with E-state index in [4.69, 9.17) is 9.84 Å². The van der Waals surface area contributed by atoms with Crippen molar-refractivity contribution in [2.24, 2.45) is 5.10 Å². The molecule has 0 N–H and O–H groups in total. The minimum absolute atomic E-state index is 0.193. The first-order valence-corrected chi connectivity index (χ1v) is 8.47. The molecule has 2 atom stereocenters. The van der Waals surface area contributed by atoms with Gasteiger partial charge < -0.3 is 4.74 Å². The lowest BCUT2D eigenvalue weighted by atomic mass is 9.96. The van der Waals surface area contributed by atoms with Gasteiger partial charge in [-0.2, -0.15) is 5.10 Å². The summed E-state index contributed by atoms with van der Waals surface area (Å²) < 4.78 is 6.31. The monoisotopic (exact) mass is 327 g/mol. The van der Waals surface area contributed by atoms with Crippen LogP contribution < -0.4 is 4.74 Å². The van der Waals surface area contributed by atoms with E-state index < -0.39 is 0 Å². The molecule has 2 aromatic carbocycles. The summed E-state index contributed by atoms with van der Waals surface area (Å²) in [6, 6.07) is 22.8. The highest BCUT2D eigenvalue weighted by molar-refractivity contribution is 6.01. The lowest BCUT2D eigenvalue weighted by Crippen LogP contribution is -2.33. The summed E-state index contributed by atoms with van der Waals surface area (Å²) in [5.41, 5.74) is 4.53. The van der Waals surface area contributed by atoms with Crippen LogP contribution in [0.25, 0.3) is 0 Å². The van der Waals surface area contributed by atoms with Gasteiger partial charge in [-0.1, -0.05) is 48.5 Å². The Labute approximate surface area is 146 Å². The first-order chi connectivity index (χ1) is 12.4. The number of hydrogen-bond acceptors (Lipinski definition) is 4. The van der Waals surface area contributed by atoms with Crippen molar-refractivity contribution in [2.45, 2.75) is 18.7 Å².